The summed E-state index contributed by atoms with van der Waals surface area (Å²) in [6.07, 6.45) is 1.21. The van der Waals surface area contributed by atoms with Gasteiger partial charge < -0.3 is 10.1 Å². The minimum atomic E-state index is 0.543. The molecule has 0 radical (unpaired) electrons. The van der Waals surface area contributed by atoms with Gasteiger partial charge in [-0.3, -0.25) is 4.90 Å². The van der Waals surface area contributed by atoms with E-state index in [0.29, 0.717) is 23.9 Å². The fraction of sp³-hybridized carbons (Fsp3) is 0.688. The largest absolute Gasteiger partial charge is 0.481 e. The Hall–Kier alpha value is -1.13. The Labute approximate surface area is 122 Å². The van der Waals surface area contributed by atoms with Crippen LogP contribution in [0, 0.1) is 5.92 Å². The molecule has 1 saturated heterocycles. The van der Waals surface area contributed by atoms with Crippen molar-refractivity contribution in [1.29, 1.82) is 0 Å². The molecular weight excluding hydrogens is 250 g/mol. The van der Waals surface area contributed by atoms with Gasteiger partial charge in [-0.05, 0) is 18.9 Å². The maximum Gasteiger partial charge on any atom is 0.213 e. The highest BCUT2D eigenvalue weighted by molar-refractivity contribution is 5.15. The number of nitrogens with one attached hydrogen (secondary N) is 1. The third-order valence-corrected chi connectivity index (χ3v) is 4.31. The van der Waals surface area contributed by atoms with Gasteiger partial charge >= 0.3 is 0 Å². The van der Waals surface area contributed by atoms with Crippen molar-refractivity contribution in [3.63, 3.8) is 0 Å². The number of piperazine rings is 1. The zero-order chi connectivity index (χ0) is 14.5. The van der Waals surface area contributed by atoms with Gasteiger partial charge in [0.15, 0.2) is 0 Å². The molecule has 2 heterocycles. The molecule has 2 rings (SSSR count). The van der Waals surface area contributed by atoms with E-state index in [1.165, 1.54) is 6.42 Å². The van der Waals surface area contributed by atoms with Crippen LogP contribution in [0.4, 0.5) is 0 Å². The van der Waals surface area contributed by atoms with E-state index in [1.807, 2.05) is 12.1 Å². The summed E-state index contributed by atoms with van der Waals surface area (Å²) < 4.78 is 5.22. The molecule has 1 aromatic rings. The standard InChI is InChI=1S/C16H27N3O/c1-5-12(2)15-9-17-13(3)10-19(15)11-14-7-6-8-16(18-14)20-4/h6-8,12-13,15,17H,5,9-11H2,1-4H3. The molecule has 0 saturated carbocycles. The molecule has 3 atom stereocenters. The molecule has 1 N–H and O–H groups in total. The summed E-state index contributed by atoms with van der Waals surface area (Å²) in [4.78, 5) is 7.11. The lowest BCUT2D eigenvalue weighted by Gasteiger charge is -2.42. The first kappa shape index (κ1) is 15.3. The van der Waals surface area contributed by atoms with E-state index in [9.17, 15) is 0 Å². The summed E-state index contributed by atoms with van der Waals surface area (Å²) >= 11 is 0. The van der Waals surface area contributed by atoms with E-state index in [0.717, 1.165) is 25.3 Å². The Morgan fingerprint density at radius 2 is 2.30 bits per heavy atom. The number of ether oxygens (including phenoxy) is 1. The quantitative estimate of drug-likeness (QED) is 0.896. The molecule has 112 valence electrons. The summed E-state index contributed by atoms with van der Waals surface area (Å²) in [5.41, 5.74) is 1.09. The van der Waals surface area contributed by atoms with Gasteiger partial charge in [-0.15, -0.1) is 0 Å². The van der Waals surface area contributed by atoms with Crippen molar-refractivity contribution in [3.8, 4) is 5.88 Å². The van der Waals surface area contributed by atoms with Crippen LogP contribution in [-0.2, 0) is 6.54 Å². The van der Waals surface area contributed by atoms with Crippen LogP contribution in [-0.4, -0.2) is 42.2 Å². The van der Waals surface area contributed by atoms with Gasteiger partial charge in [0.1, 0.15) is 0 Å². The van der Waals surface area contributed by atoms with Crippen LogP contribution in [0.1, 0.15) is 32.9 Å². The van der Waals surface area contributed by atoms with Crippen molar-refractivity contribution in [2.24, 2.45) is 5.92 Å². The number of methoxy groups -OCH3 is 1. The SMILES string of the molecule is CCC(C)C1CNC(C)CN1Cc1cccc(OC)n1. The first-order valence-corrected chi connectivity index (χ1v) is 7.61. The summed E-state index contributed by atoms with van der Waals surface area (Å²) in [5, 5.41) is 3.60. The number of nitrogens with zero attached hydrogens (tertiary/aromatic N) is 2. The van der Waals surface area contributed by atoms with Crippen LogP contribution < -0.4 is 10.1 Å². The first-order chi connectivity index (χ1) is 9.63. The molecule has 4 nitrogen and oxygen atoms in total. The van der Waals surface area contributed by atoms with E-state index < -0.39 is 0 Å². The number of pyridine rings is 1. The Bertz CT molecular complexity index is 424. The van der Waals surface area contributed by atoms with Gasteiger partial charge in [0.25, 0.3) is 0 Å². The smallest absolute Gasteiger partial charge is 0.213 e. The molecule has 3 unspecified atom stereocenters. The third kappa shape index (κ3) is 3.70. The molecule has 20 heavy (non-hydrogen) atoms. The molecular formula is C16H27N3O. The van der Waals surface area contributed by atoms with Crippen molar-refractivity contribution in [3.05, 3.63) is 23.9 Å². The fourth-order valence-electron chi connectivity index (χ4n) is 2.89. The third-order valence-electron chi connectivity index (χ3n) is 4.31. The Balaban J connectivity index is 2.10. The molecule has 0 aliphatic carbocycles. The van der Waals surface area contributed by atoms with Gasteiger partial charge in [0.2, 0.25) is 5.88 Å². The van der Waals surface area contributed by atoms with Gasteiger partial charge in [-0.1, -0.05) is 26.3 Å². The van der Waals surface area contributed by atoms with Gasteiger partial charge in [-0.2, -0.15) is 0 Å². The van der Waals surface area contributed by atoms with Gasteiger partial charge in [0, 0.05) is 37.8 Å². The molecule has 1 fully saturated rings. The normalized spacial score (nSPS) is 25.4. The second kappa shape index (κ2) is 7.04. The minimum absolute atomic E-state index is 0.543. The highest BCUT2D eigenvalue weighted by atomic mass is 16.5. The average Bonchev–Trinajstić information content (AvgIpc) is 2.47. The second-order valence-electron chi connectivity index (χ2n) is 5.86. The number of hydrogen-bond donors (Lipinski definition) is 1. The lowest BCUT2D eigenvalue weighted by Crippen LogP contribution is -2.57. The summed E-state index contributed by atoms with van der Waals surface area (Å²) in [5.74, 6) is 1.39. The molecule has 0 amide bonds. The van der Waals surface area contributed by atoms with Crippen LogP contribution in [0.2, 0.25) is 0 Å². The monoisotopic (exact) mass is 277 g/mol. The Morgan fingerprint density at radius 3 is 3.00 bits per heavy atom. The predicted octanol–water partition coefficient (Wildman–Crippen LogP) is 2.30. The van der Waals surface area contributed by atoms with Crippen LogP contribution in [0.5, 0.6) is 5.88 Å². The van der Waals surface area contributed by atoms with Crippen molar-refractivity contribution in [2.75, 3.05) is 20.2 Å². The Kier molecular flexibility index (Phi) is 5.38. The number of hydrogen-bond acceptors (Lipinski definition) is 4. The lowest BCUT2D eigenvalue weighted by molar-refractivity contribution is 0.0871. The second-order valence-corrected chi connectivity index (χ2v) is 5.86. The molecule has 1 aliphatic rings. The molecule has 1 aromatic heterocycles. The van der Waals surface area contributed by atoms with Crippen molar-refractivity contribution in [1.82, 2.24) is 15.2 Å². The molecule has 0 bridgehead atoms. The average molecular weight is 277 g/mol. The zero-order valence-electron chi connectivity index (χ0n) is 13.1. The van der Waals surface area contributed by atoms with Crippen molar-refractivity contribution in [2.45, 2.75) is 45.8 Å². The van der Waals surface area contributed by atoms with Crippen LogP contribution in [0.15, 0.2) is 18.2 Å². The maximum absolute atomic E-state index is 5.22. The topological polar surface area (TPSA) is 37.4 Å². The van der Waals surface area contributed by atoms with E-state index >= 15 is 0 Å². The lowest BCUT2D eigenvalue weighted by atomic mass is 9.94. The number of rotatable bonds is 5. The number of aromatic nitrogens is 1. The van der Waals surface area contributed by atoms with Crippen molar-refractivity contribution < 1.29 is 4.74 Å². The Morgan fingerprint density at radius 1 is 1.50 bits per heavy atom. The predicted molar refractivity (Wildman–Crippen MR) is 81.9 cm³/mol. The molecule has 1 aliphatic heterocycles. The first-order valence-electron chi connectivity index (χ1n) is 7.61. The van der Waals surface area contributed by atoms with E-state index in [2.05, 4.69) is 42.0 Å². The summed E-state index contributed by atoms with van der Waals surface area (Å²) in [7, 11) is 1.67. The van der Waals surface area contributed by atoms with E-state index in [4.69, 9.17) is 4.74 Å². The van der Waals surface area contributed by atoms with Crippen LogP contribution in [0.25, 0.3) is 0 Å². The fourth-order valence-corrected chi connectivity index (χ4v) is 2.89. The zero-order valence-corrected chi connectivity index (χ0v) is 13.1. The van der Waals surface area contributed by atoms with Crippen LogP contribution >= 0.6 is 0 Å². The van der Waals surface area contributed by atoms with E-state index in [1.54, 1.807) is 7.11 Å². The van der Waals surface area contributed by atoms with Gasteiger partial charge in [-0.25, -0.2) is 4.98 Å². The highest BCUT2D eigenvalue weighted by Crippen LogP contribution is 2.20. The molecule has 0 spiro atoms. The highest BCUT2D eigenvalue weighted by Gasteiger charge is 2.29. The summed E-state index contributed by atoms with van der Waals surface area (Å²) in [6, 6.07) is 7.13. The van der Waals surface area contributed by atoms with Crippen molar-refractivity contribution >= 4 is 0 Å². The van der Waals surface area contributed by atoms with Gasteiger partial charge in [0.05, 0.1) is 12.8 Å². The van der Waals surface area contributed by atoms with E-state index in [-0.39, 0.29) is 0 Å². The molecule has 4 heteroatoms. The maximum atomic E-state index is 5.22. The van der Waals surface area contributed by atoms with Crippen LogP contribution in [0.3, 0.4) is 0 Å². The summed E-state index contributed by atoms with van der Waals surface area (Å²) in [6.45, 7) is 9.91. The minimum Gasteiger partial charge on any atom is -0.481 e. The molecule has 0 aromatic carbocycles.